The van der Waals surface area contributed by atoms with E-state index in [-0.39, 0.29) is 11.7 Å². The van der Waals surface area contributed by atoms with Gasteiger partial charge in [-0.2, -0.15) is 0 Å². The number of H-pyrrole nitrogens is 1. The molecule has 5 heteroatoms. The molecule has 1 fully saturated rings. The van der Waals surface area contributed by atoms with Crippen LogP contribution in [0.2, 0.25) is 0 Å². The number of aromatic nitrogens is 2. The van der Waals surface area contributed by atoms with Gasteiger partial charge in [0.05, 0.1) is 12.1 Å². The fraction of sp³-hybridized carbons (Fsp3) is 0.120. The van der Waals surface area contributed by atoms with Crippen molar-refractivity contribution in [3.63, 3.8) is 0 Å². The van der Waals surface area contributed by atoms with E-state index in [2.05, 4.69) is 33.8 Å². The fourth-order valence-electron chi connectivity index (χ4n) is 2.49. The summed E-state index contributed by atoms with van der Waals surface area (Å²) < 4.78 is 0. The molecule has 1 aromatic carbocycles. The van der Waals surface area contributed by atoms with Gasteiger partial charge in [0, 0.05) is 31.4 Å². The van der Waals surface area contributed by atoms with E-state index in [1.165, 1.54) is 0 Å². The quantitative estimate of drug-likeness (QED) is 0.674. The summed E-state index contributed by atoms with van der Waals surface area (Å²) in [5, 5.41) is 6.03. The first-order valence-corrected chi connectivity index (χ1v) is 9.73. The molecule has 30 heavy (non-hydrogen) atoms. The Morgan fingerprint density at radius 3 is 2.37 bits per heavy atom. The topological polar surface area (TPSA) is 69.8 Å². The number of hydrogen-bond acceptors (Lipinski definition) is 4. The van der Waals surface area contributed by atoms with Crippen molar-refractivity contribution in [1.82, 2.24) is 20.6 Å². The number of ketones is 1. The van der Waals surface area contributed by atoms with E-state index in [1.807, 2.05) is 66.8 Å². The van der Waals surface area contributed by atoms with Crippen molar-refractivity contribution in [3.05, 3.63) is 122 Å². The van der Waals surface area contributed by atoms with Crippen molar-refractivity contribution in [2.24, 2.45) is 5.92 Å². The second-order valence-corrected chi connectivity index (χ2v) is 6.44. The van der Waals surface area contributed by atoms with Crippen LogP contribution in [0.1, 0.15) is 5.56 Å². The van der Waals surface area contributed by atoms with Crippen molar-refractivity contribution in [2.75, 3.05) is 13.1 Å². The maximum absolute atomic E-state index is 11.7. The molecule has 1 aliphatic heterocycles. The normalized spacial score (nSPS) is 17.0. The monoisotopic (exact) mass is 400 g/mol. The molecule has 0 saturated carbocycles. The number of imidazole rings is 1. The molecule has 5 nitrogen and oxygen atoms in total. The number of allylic oxidation sites excluding steroid dienone is 8. The summed E-state index contributed by atoms with van der Waals surface area (Å²) in [6.07, 6.45) is 19.8. The third-order valence-electron chi connectivity index (χ3n) is 4.08. The Balaban J connectivity index is 0.000000234. The van der Waals surface area contributed by atoms with Crippen LogP contribution in [0.3, 0.4) is 0 Å². The molecular formula is C25H28N4O. The lowest BCUT2D eigenvalue weighted by molar-refractivity contribution is -0.110. The summed E-state index contributed by atoms with van der Waals surface area (Å²) in [4.78, 5) is 18.1. The first kappa shape index (κ1) is 22.4. The van der Waals surface area contributed by atoms with E-state index in [0.29, 0.717) is 0 Å². The molecule has 2 heterocycles. The smallest absolute Gasteiger partial charge is 0.178 e. The van der Waals surface area contributed by atoms with Gasteiger partial charge >= 0.3 is 0 Å². The average Bonchev–Trinajstić information content (AvgIpc) is 3.50. The Labute approximate surface area is 178 Å². The van der Waals surface area contributed by atoms with Crippen LogP contribution < -0.4 is 10.6 Å². The number of carbonyl (C=O) groups is 1. The van der Waals surface area contributed by atoms with Crippen molar-refractivity contribution >= 4 is 11.9 Å². The van der Waals surface area contributed by atoms with Gasteiger partial charge in [-0.3, -0.25) is 4.79 Å². The lowest BCUT2D eigenvalue weighted by atomic mass is 9.95. The Kier molecular flexibility index (Phi) is 9.97. The van der Waals surface area contributed by atoms with Crippen LogP contribution in [-0.2, 0) is 4.79 Å². The van der Waals surface area contributed by atoms with E-state index in [9.17, 15) is 4.79 Å². The highest BCUT2D eigenvalue weighted by Crippen LogP contribution is 2.18. The van der Waals surface area contributed by atoms with Crippen LogP contribution >= 0.6 is 0 Å². The number of nitrogens with zero attached hydrogens (tertiary/aromatic N) is 1. The third-order valence-corrected chi connectivity index (χ3v) is 4.08. The van der Waals surface area contributed by atoms with Crippen molar-refractivity contribution in [1.29, 1.82) is 0 Å². The molecule has 4 rings (SSSR count). The van der Waals surface area contributed by atoms with E-state index in [0.717, 1.165) is 30.0 Å². The minimum absolute atomic E-state index is 0.0143. The van der Waals surface area contributed by atoms with E-state index < -0.39 is 0 Å². The first-order chi connectivity index (χ1) is 14.6. The lowest BCUT2D eigenvalue weighted by Gasteiger charge is -2.09. The standard InChI is InChI=1S/C18H16O.C4H8N2.C3H4N2/c1-15-7-5-6-10-17(15)12-14-18(19)13-11-16-8-3-2-4-9-16;1-4-5-2-3-6-4;1-2-5-3-4-1/h2-14,17H,1H2;5-6H,1-3H2;1-3H,(H,4,5). The van der Waals surface area contributed by atoms with Gasteiger partial charge in [-0.1, -0.05) is 79.9 Å². The highest BCUT2D eigenvalue weighted by atomic mass is 16.1. The second kappa shape index (κ2) is 13.3. The second-order valence-electron chi connectivity index (χ2n) is 6.44. The van der Waals surface area contributed by atoms with Gasteiger partial charge in [-0.15, -0.1) is 0 Å². The number of nitrogens with one attached hydrogen (secondary N) is 3. The van der Waals surface area contributed by atoms with Gasteiger partial charge < -0.3 is 15.6 Å². The van der Waals surface area contributed by atoms with Crippen LogP contribution in [0.25, 0.3) is 6.08 Å². The van der Waals surface area contributed by atoms with E-state index in [4.69, 9.17) is 0 Å². The molecule has 3 N–H and O–H groups in total. The van der Waals surface area contributed by atoms with Gasteiger partial charge in [-0.25, -0.2) is 4.98 Å². The Bertz CT molecular complexity index is 881. The number of carbonyl (C=O) groups excluding carboxylic acids is 1. The van der Waals surface area contributed by atoms with Gasteiger partial charge in [0.1, 0.15) is 0 Å². The van der Waals surface area contributed by atoms with Crippen LogP contribution in [0, 0.1) is 5.92 Å². The molecule has 0 spiro atoms. The zero-order valence-electron chi connectivity index (χ0n) is 17.0. The molecule has 0 radical (unpaired) electrons. The molecule has 2 aliphatic rings. The molecule has 2 aromatic rings. The van der Waals surface area contributed by atoms with Gasteiger partial charge in [0.2, 0.25) is 0 Å². The summed E-state index contributed by atoms with van der Waals surface area (Å²) in [6.45, 7) is 9.63. The molecular weight excluding hydrogens is 372 g/mol. The Hall–Kier alpha value is -3.86. The number of benzene rings is 1. The van der Waals surface area contributed by atoms with Crippen molar-refractivity contribution < 1.29 is 4.79 Å². The lowest BCUT2D eigenvalue weighted by Crippen LogP contribution is -2.06. The van der Waals surface area contributed by atoms with Crippen molar-refractivity contribution in [2.45, 2.75) is 0 Å². The van der Waals surface area contributed by atoms with Crippen molar-refractivity contribution in [3.8, 4) is 0 Å². The summed E-state index contributed by atoms with van der Waals surface area (Å²) in [5.41, 5.74) is 2.02. The SMILES string of the molecule is C=C1C=CC=CC1C=CC(=O)C=Cc1ccccc1.C=C1NCCN1.c1c[nH]cn1. The van der Waals surface area contributed by atoms with Gasteiger partial charge in [0.15, 0.2) is 5.78 Å². The first-order valence-electron chi connectivity index (χ1n) is 9.73. The van der Waals surface area contributed by atoms with E-state index in [1.54, 1.807) is 30.9 Å². The van der Waals surface area contributed by atoms with Gasteiger partial charge in [-0.05, 0) is 23.3 Å². The zero-order valence-corrected chi connectivity index (χ0v) is 17.0. The van der Waals surface area contributed by atoms with Crippen LogP contribution in [0.5, 0.6) is 0 Å². The number of aromatic amines is 1. The summed E-state index contributed by atoms with van der Waals surface area (Å²) in [7, 11) is 0. The summed E-state index contributed by atoms with van der Waals surface area (Å²) in [6, 6.07) is 9.77. The number of hydrogen-bond donors (Lipinski definition) is 3. The summed E-state index contributed by atoms with van der Waals surface area (Å²) in [5.74, 6) is 1.06. The largest absolute Gasteiger partial charge is 0.371 e. The van der Waals surface area contributed by atoms with E-state index >= 15 is 0 Å². The summed E-state index contributed by atoms with van der Waals surface area (Å²) >= 11 is 0. The van der Waals surface area contributed by atoms with Crippen LogP contribution in [0.4, 0.5) is 0 Å². The molecule has 1 aromatic heterocycles. The minimum Gasteiger partial charge on any atom is -0.371 e. The van der Waals surface area contributed by atoms with Crippen LogP contribution in [0.15, 0.2) is 116 Å². The molecule has 0 bridgehead atoms. The molecule has 154 valence electrons. The predicted octanol–water partition coefficient (Wildman–Crippen LogP) is 4.18. The zero-order chi connectivity index (χ0) is 21.4. The fourth-order valence-corrected chi connectivity index (χ4v) is 2.49. The molecule has 1 atom stereocenters. The molecule has 1 saturated heterocycles. The Morgan fingerprint density at radius 2 is 1.83 bits per heavy atom. The highest BCUT2D eigenvalue weighted by molar-refractivity contribution is 6.02. The molecule has 0 amide bonds. The minimum atomic E-state index is -0.0143. The number of rotatable bonds is 4. The predicted molar refractivity (Wildman–Crippen MR) is 124 cm³/mol. The van der Waals surface area contributed by atoms with Gasteiger partial charge in [0.25, 0.3) is 0 Å². The Morgan fingerprint density at radius 1 is 1.07 bits per heavy atom. The maximum Gasteiger partial charge on any atom is 0.178 e. The maximum atomic E-state index is 11.7. The highest BCUT2D eigenvalue weighted by Gasteiger charge is 2.05. The third kappa shape index (κ3) is 9.37. The van der Waals surface area contributed by atoms with Crippen LogP contribution in [-0.4, -0.2) is 28.8 Å². The molecule has 1 unspecified atom stereocenters. The molecule has 1 aliphatic carbocycles. The average molecular weight is 401 g/mol.